The van der Waals surface area contributed by atoms with Gasteiger partial charge in [-0.3, -0.25) is 0 Å². The molecule has 2 rings (SSSR count). The first kappa shape index (κ1) is 11.6. The average molecular weight is 363 g/mol. The van der Waals surface area contributed by atoms with Crippen molar-refractivity contribution in [2.45, 2.75) is 17.5 Å². The predicted molar refractivity (Wildman–Crippen MR) is 49.5 cm³/mol. The maximum Gasteiger partial charge on any atom is -1.00 e. The molecule has 0 fully saturated rings. The zero-order valence-corrected chi connectivity index (χ0v) is 12.4. The van der Waals surface area contributed by atoms with Gasteiger partial charge in [0, 0.05) is 0 Å². The van der Waals surface area contributed by atoms with Crippen molar-refractivity contribution in [3.8, 4) is 0 Å². The molecule has 0 N–H and O–H groups in total. The molecule has 0 atom stereocenters. The van der Waals surface area contributed by atoms with E-state index in [1.165, 1.54) is 12.8 Å². The van der Waals surface area contributed by atoms with Crippen molar-refractivity contribution < 1.29 is 45.7 Å². The van der Waals surface area contributed by atoms with Gasteiger partial charge in [0.2, 0.25) is 0 Å². The van der Waals surface area contributed by atoms with E-state index in [0.29, 0.717) is 0 Å². The van der Waals surface area contributed by atoms with Crippen molar-refractivity contribution in [2.24, 2.45) is 0 Å². The first-order chi connectivity index (χ1) is 5.88. The third-order valence-electron chi connectivity index (χ3n) is 2.51. The Labute approximate surface area is 105 Å². The van der Waals surface area contributed by atoms with E-state index in [2.05, 4.69) is 41.1 Å². The third kappa shape index (κ3) is 2.76. The molecule has 2 aliphatic carbocycles. The summed E-state index contributed by atoms with van der Waals surface area (Å²) in [5.74, 6) is 0. The zero-order valence-electron chi connectivity index (χ0n) is 7.76. The second kappa shape index (κ2) is 5.45. The van der Waals surface area contributed by atoms with Crippen LogP contribution in [0.4, 0.5) is 0 Å². The van der Waals surface area contributed by atoms with Gasteiger partial charge >= 0.3 is 82.2 Å². The van der Waals surface area contributed by atoms with Crippen LogP contribution in [0.1, 0.15) is 12.8 Å². The fourth-order valence-electron chi connectivity index (χ4n) is 1.66. The molecule has 0 aliphatic heterocycles. The van der Waals surface area contributed by atoms with Gasteiger partial charge < -0.3 is 24.0 Å². The van der Waals surface area contributed by atoms with Crippen molar-refractivity contribution >= 4 is 0 Å². The number of halogens is 1. The molecule has 0 saturated heterocycles. The van der Waals surface area contributed by atoms with Gasteiger partial charge in [0.15, 0.2) is 0 Å². The second-order valence-corrected chi connectivity index (χ2v) is 9.50. The Hall–Kier alpha value is 0.573. The van der Waals surface area contributed by atoms with Gasteiger partial charge in [-0.15, -0.1) is 0 Å². The SMILES string of the molecule is [CH3][Zr+]([C]1=CC=CC1)[C]1=CC=CC1.[I-]. The molecule has 0 saturated carbocycles. The van der Waals surface area contributed by atoms with Crippen LogP contribution >= 0.6 is 0 Å². The Morgan fingerprint density at radius 1 is 1.00 bits per heavy atom. The molecule has 0 unspecified atom stereocenters. The monoisotopic (exact) mass is 362 g/mol. The Morgan fingerprint density at radius 3 is 1.77 bits per heavy atom. The molecule has 0 spiro atoms. The van der Waals surface area contributed by atoms with Crippen molar-refractivity contribution in [2.75, 3.05) is 0 Å². The Balaban J connectivity index is 0.000000845. The largest absolute Gasteiger partial charge is 1.00 e. The molecule has 0 aromatic rings. The van der Waals surface area contributed by atoms with Crippen LogP contribution < -0.4 is 24.0 Å². The van der Waals surface area contributed by atoms with E-state index in [1.807, 2.05) is 0 Å². The van der Waals surface area contributed by atoms with Crippen molar-refractivity contribution in [1.82, 2.24) is 0 Å². The van der Waals surface area contributed by atoms with Gasteiger partial charge in [-0.05, 0) is 0 Å². The molecule has 13 heavy (non-hydrogen) atoms. The normalized spacial score (nSPS) is 18.2. The molecule has 0 aromatic carbocycles. The van der Waals surface area contributed by atoms with Crippen molar-refractivity contribution in [3.05, 3.63) is 43.0 Å². The predicted octanol–water partition coefficient (Wildman–Crippen LogP) is 0.344. The summed E-state index contributed by atoms with van der Waals surface area (Å²) in [6.07, 6.45) is 16.1. The van der Waals surface area contributed by atoms with Gasteiger partial charge in [-0.25, -0.2) is 0 Å². The van der Waals surface area contributed by atoms with Crippen LogP contribution in [0.5, 0.6) is 0 Å². The first-order valence-corrected chi connectivity index (χ1v) is 9.35. The molecule has 0 heterocycles. The summed E-state index contributed by atoms with van der Waals surface area (Å²) in [7, 11) is 0. The summed E-state index contributed by atoms with van der Waals surface area (Å²) in [5.41, 5.74) is 0. The molecule has 0 bridgehead atoms. The summed E-state index contributed by atoms with van der Waals surface area (Å²) in [6.45, 7) is 0. The van der Waals surface area contributed by atoms with Crippen LogP contribution in [0.25, 0.3) is 0 Å². The van der Waals surface area contributed by atoms with E-state index in [1.54, 1.807) is 6.56 Å². The van der Waals surface area contributed by atoms with Gasteiger partial charge in [0.25, 0.3) is 0 Å². The number of hydrogen-bond acceptors (Lipinski definition) is 0. The van der Waals surface area contributed by atoms with E-state index in [4.69, 9.17) is 0 Å². The molecule has 2 heteroatoms. The molecule has 0 amide bonds. The Kier molecular flexibility index (Phi) is 4.89. The Bertz CT molecular complexity index is 267. The van der Waals surface area contributed by atoms with E-state index in [-0.39, 0.29) is 24.0 Å². The fourth-order valence-corrected chi connectivity index (χ4v) is 6.46. The van der Waals surface area contributed by atoms with Crippen LogP contribution in [-0.4, -0.2) is 0 Å². The van der Waals surface area contributed by atoms with Gasteiger partial charge in [-0.1, -0.05) is 0 Å². The van der Waals surface area contributed by atoms with Crippen molar-refractivity contribution in [1.29, 1.82) is 0 Å². The minimum absolute atomic E-state index is 0. The van der Waals surface area contributed by atoms with Crippen LogP contribution in [0, 0.1) is 0 Å². The number of allylic oxidation sites excluding steroid dienone is 8. The molecule has 0 radical (unpaired) electrons. The maximum atomic E-state index is 2.50. The summed E-state index contributed by atoms with van der Waals surface area (Å²) in [5, 5.41) is 0. The van der Waals surface area contributed by atoms with Crippen LogP contribution in [0.3, 0.4) is 0 Å². The van der Waals surface area contributed by atoms with Gasteiger partial charge in [-0.2, -0.15) is 0 Å². The summed E-state index contributed by atoms with van der Waals surface area (Å²) >= 11 is -1.27. The van der Waals surface area contributed by atoms with E-state index in [9.17, 15) is 0 Å². The van der Waals surface area contributed by atoms with Crippen LogP contribution in [0.15, 0.2) is 43.0 Å². The summed E-state index contributed by atoms with van der Waals surface area (Å²) in [6, 6.07) is 0. The van der Waals surface area contributed by atoms with Crippen LogP contribution in [-0.2, 0) is 21.8 Å². The fraction of sp³-hybridized carbons (Fsp3) is 0.273. The minimum Gasteiger partial charge on any atom is -1.00 e. The zero-order chi connectivity index (χ0) is 8.39. The molecule has 2 aliphatic rings. The van der Waals surface area contributed by atoms with Gasteiger partial charge in [0.05, 0.1) is 0 Å². The average Bonchev–Trinajstić information content (AvgIpc) is 2.77. The summed E-state index contributed by atoms with van der Waals surface area (Å²) < 4.78 is 6.01. The number of hydrogen-bond donors (Lipinski definition) is 0. The maximum absolute atomic E-state index is 2.50. The smallest absolute Gasteiger partial charge is 1.00 e. The standard InChI is InChI=1S/2C5H5.CH3.HI.Zr/c2*1-2-4-5-3-1;;;/h2*1-3H,4H2;1H3;1H;/q;;;;+1/p-1. The number of rotatable bonds is 2. The topological polar surface area (TPSA) is 0 Å². The summed E-state index contributed by atoms with van der Waals surface area (Å²) in [4.78, 5) is 0. The van der Waals surface area contributed by atoms with Crippen LogP contribution in [0.2, 0.25) is 4.63 Å². The molecule has 0 nitrogen and oxygen atoms in total. The quantitative estimate of drug-likeness (QED) is 0.621. The van der Waals surface area contributed by atoms with E-state index >= 15 is 0 Å². The Morgan fingerprint density at radius 2 is 1.46 bits per heavy atom. The third-order valence-corrected chi connectivity index (χ3v) is 9.06. The van der Waals surface area contributed by atoms with Crippen molar-refractivity contribution in [3.63, 3.8) is 0 Å². The van der Waals surface area contributed by atoms with E-state index < -0.39 is 21.8 Å². The minimum atomic E-state index is -1.27. The van der Waals surface area contributed by atoms with E-state index in [0.717, 1.165) is 0 Å². The molecular weight excluding hydrogens is 350 g/mol. The first-order valence-electron chi connectivity index (χ1n) is 4.43. The molecular formula is C11H13IZr. The molecule has 0 aromatic heterocycles. The van der Waals surface area contributed by atoms with Gasteiger partial charge in [0.1, 0.15) is 0 Å². The molecule has 68 valence electrons. The second-order valence-electron chi connectivity index (χ2n) is 3.27.